The highest BCUT2D eigenvalue weighted by Crippen LogP contribution is 2.48. The Bertz CT molecular complexity index is 1090. The number of fused-ring (bicyclic) bond motifs is 1. The van der Waals surface area contributed by atoms with Gasteiger partial charge in [-0.15, -0.1) is 11.3 Å². The van der Waals surface area contributed by atoms with Crippen molar-refractivity contribution < 1.29 is 18.4 Å². The zero-order chi connectivity index (χ0) is 20.0. The van der Waals surface area contributed by atoms with Crippen molar-refractivity contribution in [2.24, 2.45) is 5.73 Å². The molecule has 0 radical (unpaired) electrons. The smallest absolute Gasteiger partial charge is 0.280 e. The number of rotatable bonds is 6. The molecule has 2 amide bonds. The monoisotopic (exact) mass is 405 g/mol. The molecule has 0 unspecified atom stereocenters. The Morgan fingerprint density at radius 1 is 1.43 bits per heavy atom. The number of pyridine rings is 1. The van der Waals surface area contributed by atoms with Gasteiger partial charge in [0.1, 0.15) is 21.9 Å². The van der Waals surface area contributed by atoms with Gasteiger partial charge in [0.05, 0.1) is 5.69 Å². The number of alkyl halides is 2. The lowest BCUT2D eigenvalue weighted by atomic mass is 10.0. The van der Waals surface area contributed by atoms with Crippen molar-refractivity contribution in [2.75, 3.05) is 5.32 Å². The van der Waals surface area contributed by atoms with E-state index in [2.05, 4.69) is 15.4 Å². The highest BCUT2D eigenvalue weighted by atomic mass is 32.1. The number of aryl methyl sites for hydroxylation is 1. The molecule has 0 atom stereocenters. The summed E-state index contributed by atoms with van der Waals surface area (Å²) in [5, 5.41) is 7.32. The maximum absolute atomic E-state index is 13.3. The van der Waals surface area contributed by atoms with Crippen molar-refractivity contribution in [1.82, 2.24) is 14.8 Å². The Hall–Kier alpha value is -2.88. The highest BCUT2D eigenvalue weighted by molar-refractivity contribution is 7.21. The largest absolute Gasteiger partial charge is 0.365 e. The van der Waals surface area contributed by atoms with Crippen LogP contribution in [-0.4, -0.2) is 26.6 Å². The third kappa shape index (κ3) is 3.35. The van der Waals surface area contributed by atoms with Crippen LogP contribution >= 0.6 is 11.3 Å². The fraction of sp³-hybridized carbons (Fsp3) is 0.333. The molecule has 3 aromatic heterocycles. The van der Waals surface area contributed by atoms with Crippen molar-refractivity contribution in [3.63, 3.8) is 0 Å². The molecule has 28 heavy (non-hydrogen) atoms. The van der Waals surface area contributed by atoms with E-state index in [1.54, 1.807) is 12.3 Å². The fourth-order valence-corrected chi connectivity index (χ4v) is 4.17. The van der Waals surface area contributed by atoms with Gasteiger partial charge < -0.3 is 11.1 Å². The molecule has 1 aliphatic rings. The number of thiophene rings is 1. The van der Waals surface area contributed by atoms with E-state index in [-0.39, 0.29) is 33.6 Å². The standard InChI is InChI=1S/C18H17F2N5O2S/c1-8-4-5-22-25(8)7-12(26)24-14-13-10(9-2-3-9)6-11(16(19)20)23-18(13)28-15(14)17(21)27/h4-6,9,16H,2-3,7H2,1H3,(H2,21,27)(H,24,26). The SMILES string of the molecule is Cc1ccnn1CC(=O)Nc1c(C(N)=O)sc2nc(C(F)F)cc(C3CC3)c12. The van der Waals surface area contributed by atoms with Gasteiger partial charge in [0.15, 0.2) is 0 Å². The fourth-order valence-electron chi connectivity index (χ4n) is 3.15. The van der Waals surface area contributed by atoms with E-state index in [1.807, 2.05) is 6.92 Å². The number of aromatic nitrogens is 3. The molecule has 3 heterocycles. The Morgan fingerprint density at radius 3 is 2.75 bits per heavy atom. The molecule has 0 saturated heterocycles. The number of hydrogen-bond acceptors (Lipinski definition) is 5. The van der Waals surface area contributed by atoms with E-state index in [0.29, 0.717) is 10.9 Å². The topological polar surface area (TPSA) is 103 Å². The van der Waals surface area contributed by atoms with Gasteiger partial charge in [-0.05, 0) is 43.4 Å². The summed E-state index contributed by atoms with van der Waals surface area (Å²) < 4.78 is 28.0. The van der Waals surface area contributed by atoms with Gasteiger partial charge in [-0.2, -0.15) is 5.10 Å². The normalized spacial score (nSPS) is 14.0. The number of nitrogens with one attached hydrogen (secondary N) is 1. The van der Waals surface area contributed by atoms with E-state index in [9.17, 15) is 18.4 Å². The van der Waals surface area contributed by atoms with E-state index < -0.39 is 18.2 Å². The third-order valence-corrected chi connectivity index (χ3v) is 5.76. The average Bonchev–Trinajstić information content (AvgIpc) is 3.32. The summed E-state index contributed by atoms with van der Waals surface area (Å²) in [7, 11) is 0. The van der Waals surface area contributed by atoms with Crippen LogP contribution in [0.2, 0.25) is 0 Å². The number of primary amides is 1. The van der Waals surface area contributed by atoms with Gasteiger partial charge in [-0.1, -0.05) is 0 Å². The molecule has 1 fully saturated rings. The zero-order valence-electron chi connectivity index (χ0n) is 14.9. The number of halogens is 2. The van der Waals surface area contributed by atoms with Crippen molar-refractivity contribution in [1.29, 1.82) is 0 Å². The van der Waals surface area contributed by atoms with Gasteiger partial charge in [-0.25, -0.2) is 13.8 Å². The number of hydrogen-bond donors (Lipinski definition) is 2. The van der Waals surface area contributed by atoms with Crippen molar-refractivity contribution in [3.8, 4) is 0 Å². The predicted octanol–water partition coefficient (Wildman–Crippen LogP) is 3.35. The van der Waals surface area contributed by atoms with E-state index in [0.717, 1.165) is 29.9 Å². The average molecular weight is 405 g/mol. The van der Waals surface area contributed by atoms with Gasteiger partial charge in [0, 0.05) is 17.3 Å². The number of amides is 2. The zero-order valence-corrected chi connectivity index (χ0v) is 15.7. The molecule has 146 valence electrons. The molecule has 0 spiro atoms. The molecular formula is C18H17F2N5O2S. The van der Waals surface area contributed by atoms with Crippen LogP contribution in [0.3, 0.4) is 0 Å². The van der Waals surface area contributed by atoms with Crippen LogP contribution in [0.4, 0.5) is 14.5 Å². The van der Waals surface area contributed by atoms with Gasteiger partial charge >= 0.3 is 0 Å². The first-order valence-electron chi connectivity index (χ1n) is 8.68. The number of anilines is 1. The molecule has 3 aromatic rings. The minimum Gasteiger partial charge on any atom is -0.365 e. The molecule has 0 bridgehead atoms. The lowest BCUT2D eigenvalue weighted by molar-refractivity contribution is -0.116. The van der Waals surface area contributed by atoms with Gasteiger partial charge in [0.2, 0.25) is 5.91 Å². The summed E-state index contributed by atoms with van der Waals surface area (Å²) in [4.78, 5) is 28.9. The number of carbonyl (C=O) groups excluding carboxylic acids is 2. The second-order valence-electron chi connectivity index (χ2n) is 6.74. The summed E-state index contributed by atoms with van der Waals surface area (Å²) in [6, 6.07) is 3.14. The maximum Gasteiger partial charge on any atom is 0.280 e. The minimum atomic E-state index is -2.72. The van der Waals surface area contributed by atoms with Crippen molar-refractivity contribution >= 4 is 39.1 Å². The summed E-state index contributed by atoms with van der Waals surface area (Å²) in [5.41, 5.74) is 6.88. The van der Waals surface area contributed by atoms with Gasteiger partial charge in [0.25, 0.3) is 12.3 Å². The molecule has 7 nitrogen and oxygen atoms in total. The highest BCUT2D eigenvalue weighted by Gasteiger charge is 2.31. The number of nitrogens with two attached hydrogens (primary N) is 1. The number of carbonyl (C=O) groups is 2. The molecule has 0 aromatic carbocycles. The first-order chi connectivity index (χ1) is 13.3. The first kappa shape index (κ1) is 18.5. The summed E-state index contributed by atoms with van der Waals surface area (Å²) in [6.45, 7) is 1.77. The molecule has 4 rings (SSSR count). The molecule has 3 N–H and O–H groups in total. The Balaban J connectivity index is 1.79. The van der Waals surface area contributed by atoms with Crippen LogP contribution in [0.5, 0.6) is 0 Å². The van der Waals surface area contributed by atoms with Crippen LogP contribution in [0.1, 0.15) is 51.8 Å². The third-order valence-electron chi connectivity index (χ3n) is 4.66. The molecule has 0 aliphatic heterocycles. The van der Waals surface area contributed by atoms with Crippen molar-refractivity contribution in [3.05, 3.63) is 40.2 Å². The Morgan fingerprint density at radius 2 is 2.18 bits per heavy atom. The van der Waals surface area contributed by atoms with Gasteiger partial charge in [-0.3, -0.25) is 14.3 Å². The Labute approximate surface area is 162 Å². The minimum absolute atomic E-state index is 0.0459. The first-order valence-corrected chi connectivity index (χ1v) is 9.50. The van der Waals surface area contributed by atoms with Crippen molar-refractivity contribution in [2.45, 2.75) is 38.7 Å². The van der Waals surface area contributed by atoms with Crippen LogP contribution in [0, 0.1) is 6.92 Å². The summed E-state index contributed by atoms with van der Waals surface area (Å²) in [6.07, 6.45) is 0.590. The second kappa shape index (κ2) is 6.93. The Kier molecular flexibility index (Phi) is 4.58. The summed E-state index contributed by atoms with van der Waals surface area (Å²) in [5.74, 6) is -1.02. The van der Waals surface area contributed by atoms with Crippen LogP contribution < -0.4 is 11.1 Å². The van der Waals surface area contributed by atoms with Crippen LogP contribution in [0.15, 0.2) is 18.3 Å². The van der Waals surface area contributed by atoms with E-state index in [1.165, 1.54) is 10.7 Å². The quantitative estimate of drug-likeness (QED) is 0.656. The van der Waals surface area contributed by atoms with E-state index >= 15 is 0 Å². The van der Waals surface area contributed by atoms with E-state index in [4.69, 9.17) is 5.73 Å². The maximum atomic E-state index is 13.3. The second-order valence-corrected chi connectivity index (χ2v) is 7.74. The summed E-state index contributed by atoms with van der Waals surface area (Å²) >= 11 is 0.920. The number of nitrogens with zero attached hydrogens (tertiary/aromatic N) is 3. The lowest BCUT2D eigenvalue weighted by Crippen LogP contribution is -2.22. The van der Waals surface area contributed by atoms with Crippen LogP contribution in [-0.2, 0) is 11.3 Å². The molecular weight excluding hydrogens is 388 g/mol. The molecule has 10 heteroatoms. The van der Waals surface area contributed by atoms with Crippen LogP contribution in [0.25, 0.3) is 10.2 Å². The predicted molar refractivity (Wildman–Crippen MR) is 101 cm³/mol. The molecule has 1 saturated carbocycles. The lowest BCUT2D eigenvalue weighted by Gasteiger charge is -2.10. The molecule has 1 aliphatic carbocycles.